The molecule has 0 fully saturated rings. The van der Waals surface area contributed by atoms with Gasteiger partial charge < -0.3 is 4.57 Å². The predicted octanol–water partition coefficient (Wildman–Crippen LogP) is 13.2. The summed E-state index contributed by atoms with van der Waals surface area (Å²) in [6.45, 7) is 0. The predicted molar refractivity (Wildman–Crippen MR) is 221 cm³/mol. The number of benzene rings is 8. The molecule has 11 aromatic rings. The second-order valence-corrected chi connectivity index (χ2v) is 14.4. The lowest BCUT2D eigenvalue weighted by molar-refractivity contribution is 1.18. The molecule has 0 radical (unpaired) electrons. The third kappa shape index (κ3) is 4.45. The Hall–Kier alpha value is -6.62. The maximum atomic E-state index is 5.44. The molecule has 52 heavy (non-hydrogen) atoms. The van der Waals surface area contributed by atoms with Gasteiger partial charge in [0.1, 0.15) is 0 Å². The first-order valence-electron chi connectivity index (χ1n) is 17.6. The summed E-state index contributed by atoms with van der Waals surface area (Å²) in [6.07, 6.45) is 0. The molecule has 0 aliphatic heterocycles. The first-order valence-corrected chi connectivity index (χ1v) is 18.4. The van der Waals surface area contributed by atoms with Crippen molar-refractivity contribution >= 4 is 75.0 Å². The number of hydrogen-bond donors (Lipinski definition) is 0. The number of thiophene rings is 1. The minimum atomic E-state index is 0.727. The minimum absolute atomic E-state index is 0.727. The Balaban J connectivity index is 1.20. The smallest absolute Gasteiger partial charge is 0.161 e. The number of hydrogen-bond acceptors (Lipinski definition) is 3. The Morgan fingerprint density at radius 2 is 1.12 bits per heavy atom. The lowest BCUT2D eigenvalue weighted by atomic mass is 10.0. The molecule has 242 valence electrons. The van der Waals surface area contributed by atoms with Crippen LogP contribution in [0.25, 0.3) is 103 Å². The topological polar surface area (TPSA) is 30.7 Å². The molecule has 0 bridgehead atoms. The Morgan fingerprint density at radius 3 is 1.98 bits per heavy atom. The van der Waals surface area contributed by atoms with E-state index in [1.54, 1.807) is 0 Å². The molecule has 0 unspecified atom stereocenters. The quantitative estimate of drug-likeness (QED) is 0.185. The molecule has 0 aliphatic rings. The summed E-state index contributed by atoms with van der Waals surface area (Å²) in [5, 5.41) is 8.52. The van der Waals surface area contributed by atoms with Crippen molar-refractivity contribution < 1.29 is 0 Å². The summed E-state index contributed by atoms with van der Waals surface area (Å²) >= 11 is 1.82. The van der Waals surface area contributed by atoms with Crippen molar-refractivity contribution in [3.05, 3.63) is 176 Å². The molecule has 3 heterocycles. The van der Waals surface area contributed by atoms with Gasteiger partial charge >= 0.3 is 0 Å². The molecular weight excluding hydrogens is 651 g/mol. The van der Waals surface area contributed by atoms with Crippen LogP contribution in [0.3, 0.4) is 0 Å². The van der Waals surface area contributed by atoms with Gasteiger partial charge in [-0.2, -0.15) is 0 Å². The van der Waals surface area contributed by atoms with E-state index in [-0.39, 0.29) is 0 Å². The molecule has 3 aromatic heterocycles. The van der Waals surface area contributed by atoms with Crippen molar-refractivity contribution in [2.24, 2.45) is 0 Å². The van der Waals surface area contributed by atoms with Crippen LogP contribution in [0.15, 0.2) is 176 Å². The summed E-state index contributed by atoms with van der Waals surface area (Å²) in [5.74, 6) is 0.727. The Morgan fingerprint density at radius 1 is 0.442 bits per heavy atom. The highest BCUT2D eigenvalue weighted by molar-refractivity contribution is 7.26. The van der Waals surface area contributed by atoms with Crippen molar-refractivity contribution in [1.82, 2.24) is 14.5 Å². The van der Waals surface area contributed by atoms with Crippen LogP contribution in [-0.4, -0.2) is 14.5 Å². The first kappa shape index (κ1) is 29.1. The monoisotopic (exact) mass is 679 g/mol. The zero-order chi connectivity index (χ0) is 34.2. The van der Waals surface area contributed by atoms with Crippen LogP contribution in [0.2, 0.25) is 0 Å². The van der Waals surface area contributed by atoms with E-state index in [9.17, 15) is 0 Å². The third-order valence-electron chi connectivity index (χ3n) is 10.4. The molecule has 0 spiro atoms. The van der Waals surface area contributed by atoms with Crippen LogP contribution in [0.4, 0.5) is 0 Å². The fourth-order valence-corrected chi connectivity index (χ4v) is 9.19. The maximum Gasteiger partial charge on any atom is 0.161 e. The highest BCUT2D eigenvalue weighted by Gasteiger charge is 2.21. The minimum Gasteiger partial charge on any atom is -0.309 e. The van der Waals surface area contributed by atoms with Crippen molar-refractivity contribution in [3.63, 3.8) is 0 Å². The van der Waals surface area contributed by atoms with Crippen molar-refractivity contribution in [2.75, 3.05) is 0 Å². The van der Waals surface area contributed by atoms with Gasteiger partial charge in [-0.15, -0.1) is 11.3 Å². The normalized spacial score (nSPS) is 11.8. The van der Waals surface area contributed by atoms with Crippen LogP contribution >= 0.6 is 11.3 Å². The van der Waals surface area contributed by atoms with E-state index in [0.29, 0.717) is 0 Å². The average Bonchev–Trinajstić information content (AvgIpc) is 3.76. The van der Waals surface area contributed by atoms with Gasteiger partial charge in [0, 0.05) is 53.1 Å². The molecule has 3 nitrogen and oxygen atoms in total. The molecule has 0 N–H and O–H groups in total. The van der Waals surface area contributed by atoms with Gasteiger partial charge in [-0.1, -0.05) is 140 Å². The molecule has 8 aromatic carbocycles. The van der Waals surface area contributed by atoms with E-state index < -0.39 is 0 Å². The number of rotatable bonds is 4. The molecule has 0 amide bonds. The van der Waals surface area contributed by atoms with Crippen LogP contribution in [0.5, 0.6) is 0 Å². The van der Waals surface area contributed by atoms with E-state index in [4.69, 9.17) is 9.97 Å². The van der Waals surface area contributed by atoms with Crippen LogP contribution in [0, 0.1) is 0 Å². The SMILES string of the molecule is c1ccc(-c2ccc(-c3nc(-c4cc(-n5c6ccccc6c6c7ccccc7ccc65)cc5c4sc4ccccc45)nc4ccccc34)cc2)cc1. The van der Waals surface area contributed by atoms with Crippen molar-refractivity contribution in [3.8, 4) is 39.5 Å². The van der Waals surface area contributed by atoms with E-state index in [1.165, 1.54) is 63.9 Å². The van der Waals surface area contributed by atoms with Crippen LogP contribution in [-0.2, 0) is 0 Å². The van der Waals surface area contributed by atoms with E-state index in [2.05, 4.69) is 180 Å². The molecule has 4 heteroatoms. The molecule has 0 saturated carbocycles. The van der Waals surface area contributed by atoms with Gasteiger partial charge in [-0.25, -0.2) is 9.97 Å². The summed E-state index contributed by atoms with van der Waals surface area (Å²) in [4.78, 5) is 10.7. The number of aromatic nitrogens is 3. The number of para-hydroxylation sites is 2. The van der Waals surface area contributed by atoms with E-state index >= 15 is 0 Å². The van der Waals surface area contributed by atoms with E-state index in [0.717, 1.165) is 39.2 Å². The van der Waals surface area contributed by atoms with Gasteiger partial charge in [0.05, 0.1) is 22.2 Å². The fourth-order valence-electron chi connectivity index (χ4n) is 7.99. The summed E-state index contributed by atoms with van der Waals surface area (Å²) in [6, 6.07) is 63.0. The van der Waals surface area contributed by atoms with Gasteiger partial charge in [0.15, 0.2) is 5.82 Å². The van der Waals surface area contributed by atoms with Crippen molar-refractivity contribution in [2.45, 2.75) is 0 Å². The first-order chi connectivity index (χ1) is 25.8. The molecule has 0 aliphatic carbocycles. The van der Waals surface area contributed by atoms with Crippen LogP contribution in [0.1, 0.15) is 0 Å². The van der Waals surface area contributed by atoms with E-state index in [1.807, 2.05) is 11.3 Å². The molecule has 11 rings (SSSR count). The molecule has 0 atom stereocenters. The average molecular weight is 680 g/mol. The lowest BCUT2D eigenvalue weighted by Gasteiger charge is -2.14. The van der Waals surface area contributed by atoms with Crippen LogP contribution < -0.4 is 0 Å². The number of nitrogens with zero attached hydrogens (tertiary/aromatic N) is 3. The zero-order valence-corrected chi connectivity index (χ0v) is 28.8. The highest BCUT2D eigenvalue weighted by atomic mass is 32.1. The summed E-state index contributed by atoms with van der Waals surface area (Å²) < 4.78 is 4.87. The van der Waals surface area contributed by atoms with Gasteiger partial charge in [0.2, 0.25) is 0 Å². The molecular formula is C48H29N3S. The molecule has 0 saturated heterocycles. The second kappa shape index (κ2) is 11.5. The maximum absolute atomic E-state index is 5.44. The highest BCUT2D eigenvalue weighted by Crippen LogP contribution is 2.44. The van der Waals surface area contributed by atoms with Crippen molar-refractivity contribution in [1.29, 1.82) is 0 Å². The second-order valence-electron chi connectivity index (χ2n) is 13.4. The van der Waals surface area contributed by atoms with Gasteiger partial charge in [-0.05, 0) is 58.3 Å². The standard InChI is InChI=1S/C48H29N3S/c1-2-12-30(13-3-1)31-22-24-33(25-23-31)46-37-17-6-9-19-41(37)49-48(50-46)40-29-34(28-39-36-16-8-11-21-44(36)52-47(39)40)51-42-20-10-7-18-38(42)45-35-15-5-4-14-32(35)26-27-43(45)51/h1-29H. The largest absolute Gasteiger partial charge is 0.309 e. The number of fused-ring (bicyclic) bond motifs is 9. The fraction of sp³-hybridized carbons (Fsp3) is 0. The van der Waals surface area contributed by atoms with Gasteiger partial charge in [0.25, 0.3) is 0 Å². The summed E-state index contributed by atoms with van der Waals surface area (Å²) in [7, 11) is 0. The zero-order valence-electron chi connectivity index (χ0n) is 28.0. The van der Waals surface area contributed by atoms with Gasteiger partial charge in [-0.3, -0.25) is 0 Å². The Bertz CT molecular complexity index is 3170. The third-order valence-corrected chi connectivity index (χ3v) is 11.6. The lowest BCUT2D eigenvalue weighted by Crippen LogP contribution is -1.98. The Kier molecular flexibility index (Phi) is 6.42. The summed E-state index contributed by atoms with van der Waals surface area (Å²) in [5.41, 5.74) is 9.80. The Labute approximate surface area is 303 Å².